The molecule has 4 nitrogen and oxygen atoms in total. The number of benzene rings is 4. The van der Waals surface area contributed by atoms with E-state index in [4.69, 9.17) is 9.73 Å². The van der Waals surface area contributed by atoms with Crippen LogP contribution in [-0.4, -0.2) is 46.7 Å². The third-order valence-corrected chi connectivity index (χ3v) is 9.25. The summed E-state index contributed by atoms with van der Waals surface area (Å²) in [5.41, 5.74) is 7.98. The topological polar surface area (TPSA) is 44.8 Å². The molecule has 4 aromatic carbocycles. The van der Waals surface area contributed by atoms with Gasteiger partial charge in [0.15, 0.2) is 12.1 Å². The lowest BCUT2D eigenvalue weighted by molar-refractivity contribution is -0.443. The molecular weight excluding hydrogens is 456 g/mol. The van der Waals surface area contributed by atoms with Crippen LogP contribution in [0.3, 0.4) is 0 Å². The monoisotopic (exact) mass is 487 g/mol. The second-order valence-corrected chi connectivity index (χ2v) is 11.7. The van der Waals surface area contributed by atoms with Gasteiger partial charge in [-0.25, -0.2) is 4.58 Å². The van der Waals surface area contributed by atoms with Gasteiger partial charge in [-0.2, -0.15) is 0 Å². The number of aliphatic hydroxyl groups is 1. The lowest BCUT2D eigenvalue weighted by Gasteiger charge is -2.28. The summed E-state index contributed by atoms with van der Waals surface area (Å²) in [6, 6.07) is 24.5. The molecule has 0 aromatic heterocycles. The van der Waals surface area contributed by atoms with Crippen molar-refractivity contribution in [1.82, 2.24) is 0 Å². The van der Waals surface area contributed by atoms with Crippen LogP contribution in [0, 0.1) is 5.92 Å². The zero-order chi connectivity index (χ0) is 25.1. The zero-order valence-corrected chi connectivity index (χ0v) is 21.5. The summed E-state index contributed by atoms with van der Waals surface area (Å²) in [7, 11) is 1.63. The smallest absolute Gasteiger partial charge is 0.281 e. The minimum Gasteiger partial charge on any atom is -0.362 e. The van der Waals surface area contributed by atoms with Crippen LogP contribution < -0.4 is 0 Å². The number of hydrogen-bond donors (Lipinski definition) is 1. The molecule has 1 saturated carbocycles. The van der Waals surface area contributed by atoms with Crippen molar-refractivity contribution < 1.29 is 14.4 Å². The molecule has 184 valence electrons. The van der Waals surface area contributed by atoms with E-state index in [1.54, 1.807) is 7.11 Å². The number of hydrogen-bond acceptors (Lipinski definition) is 3. The molecule has 8 rings (SSSR count). The van der Waals surface area contributed by atoms with Gasteiger partial charge in [0, 0.05) is 19.1 Å². The van der Waals surface area contributed by atoms with E-state index in [1.165, 1.54) is 55.1 Å². The fourth-order valence-electron chi connectivity index (χ4n) is 7.72. The maximum atomic E-state index is 11.7. The third kappa shape index (κ3) is 2.75. The van der Waals surface area contributed by atoms with Gasteiger partial charge < -0.3 is 9.84 Å². The highest BCUT2D eigenvalue weighted by Gasteiger charge is 2.75. The number of aliphatic imine (C=N–C) groups is 1. The average Bonchev–Trinajstić information content (AvgIpc) is 3.35. The van der Waals surface area contributed by atoms with Crippen LogP contribution in [-0.2, 0) is 17.6 Å². The summed E-state index contributed by atoms with van der Waals surface area (Å²) in [5, 5.41) is 16.9. The Morgan fingerprint density at radius 3 is 2.57 bits per heavy atom. The Morgan fingerprint density at radius 2 is 1.78 bits per heavy atom. The summed E-state index contributed by atoms with van der Waals surface area (Å²) in [5.74, 6) is -0.605. The van der Waals surface area contributed by atoms with Crippen molar-refractivity contribution in [2.45, 2.75) is 56.4 Å². The number of ether oxygens (including phenoxy) is 1. The Labute approximate surface area is 216 Å². The molecule has 5 atom stereocenters. The van der Waals surface area contributed by atoms with Crippen molar-refractivity contribution in [3.8, 4) is 0 Å². The first-order valence-electron chi connectivity index (χ1n) is 13.5. The molecule has 37 heavy (non-hydrogen) atoms. The molecule has 0 saturated heterocycles. The zero-order valence-electron chi connectivity index (χ0n) is 21.5. The van der Waals surface area contributed by atoms with Crippen molar-refractivity contribution in [3.63, 3.8) is 0 Å². The van der Waals surface area contributed by atoms with Gasteiger partial charge in [0.2, 0.25) is 5.79 Å². The van der Waals surface area contributed by atoms with Crippen molar-refractivity contribution in [2.75, 3.05) is 7.11 Å². The van der Waals surface area contributed by atoms with E-state index in [1.807, 2.05) is 6.34 Å². The molecule has 0 amide bonds. The van der Waals surface area contributed by atoms with Crippen molar-refractivity contribution in [2.24, 2.45) is 10.9 Å². The highest BCUT2D eigenvalue weighted by Crippen LogP contribution is 2.60. The fourth-order valence-corrected chi connectivity index (χ4v) is 7.72. The lowest BCUT2D eigenvalue weighted by atomic mass is 9.79. The molecule has 4 heteroatoms. The van der Waals surface area contributed by atoms with Crippen molar-refractivity contribution >= 4 is 33.6 Å². The molecule has 2 aliphatic heterocycles. The molecular formula is C33H31N2O2+. The molecule has 2 heterocycles. The summed E-state index contributed by atoms with van der Waals surface area (Å²) in [6.07, 6.45) is 3.96. The van der Waals surface area contributed by atoms with Crippen LogP contribution in [0.15, 0.2) is 71.7 Å². The van der Waals surface area contributed by atoms with Gasteiger partial charge in [-0.3, -0.25) is 0 Å². The number of methoxy groups -OCH3 is 1. The molecule has 5 unspecified atom stereocenters. The van der Waals surface area contributed by atoms with E-state index in [-0.39, 0.29) is 23.9 Å². The fraction of sp³-hybridized carbons (Fsp3) is 0.333. The second-order valence-electron chi connectivity index (χ2n) is 11.7. The first-order chi connectivity index (χ1) is 18.0. The van der Waals surface area contributed by atoms with E-state index in [9.17, 15) is 5.11 Å². The normalized spacial score (nSPS) is 28.8. The van der Waals surface area contributed by atoms with E-state index in [2.05, 4.69) is 85.2 Å². The Kier molecular flexibility index (Phi) is 4.32. The van der Waals surface area contributed by atoms with Gasteiger partial charge in [0.05, 0.1) is 11.8 Å². The van der Waals surface area contributed by atoms with E-state index < -0.39 is 5.79 Å². The van der Waals surface area contributed by atoms with Crippen LogP contribution in [0.2, 0.25) is 0 Å². The van der Waals surface area contributed by atoms with E-state index in [0.717, 1.165) is 12.8 Å². The van der Waals surface area contributed by atoms with Gasteiger partial charge in [0.25, 0.3) is 6.34 Å². The van der Waals surface area contributed by atoms with Gasteiger partial charge in [-0.1, -0.05) is 79.5 Å². The summed E-state index contributed by atoms with van der Waals surface area (Å²) < 4.78 is 8.08. The molecule has 0 spiro atoms. The molecule has 1 fully saturated rings. The Bertz CT molecular complexity index is 1700. The summed E-state index contributed by atoms with van der Waals surface area (Å²) in [4.78, 5) is 5.09. The second kappa shape index (κ2) is 7.37. The van der Waals surface area contributed by atoms with Gasteiger partial charge in [0.1, 0.15) is 5.71 Å². The van der Waals surface area contributed by atoms with Crippen LogP contribution in [0.1, 0.15) is 53.5 Å². The minimum atomic E-state index is -1.22. The average molecular weight is 488 g/mol. The number of fused-ring (bicyclic) bond motifs is 13. The quantitative estimate of drug-likeness (QED) is 0.304. The van der Waals surface area contributed by atoms with Crippen LogP contribution >= 0.6 is 0 Å². The third-order valence-electron chi connectivity index (χ3n) is 9.25. The predicted octanol–water partition coefficient (Wildman–Crippen LogP) is 5.56. The van der Waals surface area contributed by atoms with Crippen LogP contribution in [0.25, 0.3) is 21.5 Å². The molecule has 4 aliphatic rings. The molecule has 0 radical (unpaired) electrons. The Morgan fingerprint density at radius 1 is 1.03 bits per heavy atom. The van der Waals surface area contributed by atoms with Crippen molar-refractivity contribution in [3.05, 3.63) is 94.5 Å². The minimum absolute atomic E-state index is 0.102. The number of rotatable bonds is 3. The first kappa shape index (κ1) is 21.7. The highest BCUT2D eigenvalue weighted by atomic mass is 16.6. The maximum Gasteiger partial charge on any atom is 0.281 e. The van der Waals surface area contributed by atoms with Crippen LogP contribution in [0.4, 0.5) is 0 Å². The summed E-state index contributed by atoms with van der Waals surface area (Å²) >= 11 is 0. The van der Waals surface area contributed by atoms with E-state index >= 15 is 0 Å². The molecule has 2 aliphatic carbocycles. The first-order valence-corrected chi connectivity index (χ1v) is 13.5. The summed E-state index contributed by atoms with van der Waals surface area (Å²) in [6.45, 7) is 4.58. The van der Waals surface area contributed by atoms with Gasteiger partial charge in [-0.05, 0) is 62.2 Å². The Balaban J connectivity index is 1.43. The molecule has 1 N–H and O–H groups in total. The SMILES string of the molecule is COC1(O)C2c3c(cc(CC(C)C)c4ccccc34)C3=[N+](C=NC4Cc5c(ccc6ccccc56)C34)C21. The van der Waals surface area contributed by atoms with E-state index in [0.29, 0.717) is 5.92 Å². The van der Waals surface area contributed by atoms with Gasteiger partial charge in [-0.15, -0.1) is 0 Å². The van der Waals surface area contributed by atoms with Crippen molar-refractivity contribution in [1.29, 1.82) is 0 Å². The van der Waals surface area contributed by atoms with Crippen LogP contribution in [0.5, 0.6) is 0 Å². The standard InChI is InChI=1S/C33H31N2O2/c1-18(2)14-20-15-26-28(23-11-7-6-10-22(20)23)30-32(33(30,36)37-3)35-17-34-27-16-25-21-9-5-4-8-19(21)12-13-24(25)29(27)31(26)35/h4-13,15,17-18,27,29-30,32,36H,14,16H2,1-3H3/q+1. The lowest BCUT2D eigenvalue weighted by Crippen LogP contribution is -2.41. The molecule has 4 aromatic rings. The number of nitrogens with zero attached hydrogens (tertiary/aromatic N) is 2. The Hall–Kier alpha value is -3.34. The maximum absolute atomic E-state index is 11.7. The highest BCUT2D eigenvalue weighted by molar-refractivity contribution is 6.12. The predicted molar refractivity (Wildman–Crippen MR) is 148 cm³/mol. The van der Waals surface area contributed by atoms with Gasteiger partial charge >= 0.3 is 0 Å². The molecule has 0 bridgehead atoms. The largest absolute Gasteiger partial charge is 0.362 e.